The number of nitrogens with zero attached hydrogens (tertiary/aromatic N) is 1. The number of alkyl halides is 7. The number of urea groups is 1. The van der Waals surface area contributed by atoms with Crippen molar-refractivity contribution in [3.63, 3.8) is 0 Å². The highest BCUT2D eigenvalue weighted by atomic mass is 32.2. The van der Waals surface area contributed by atoms with Gasteiger partial charge in [0.2, 0.25) is 0 Å². The van der Waals surface area contributed by atoms with Gasteiger partial charge < -0.3 is 15.0 Å². The van der Waals surface area contributed by atoms with E-state index in [1.54, 1.807) is 0 Å². The number of sulfone groups is 1. The summed E-state index contributed by atoms with van der Waals surface area (Å²) in [5, 5.41) is 2.91. The zero-order valence-electron chi connectivity index (χ0n) is 22.7. The van der Waals surface area contributed by atoms with Gasteiger partial charge in [-0.25, -0.2) is 22.0 Å². The van der Waals surface area contributed by atoms with E-state index in [4.69, 9.17) is 4.74 Å². The number of halogens is 8. The maximum absolute atomic E-state index is 15.0. The molecule has 6 nitrogen and oxygen atoms in total. The highest BCUT2D eigenvalue weighted by Gasteiger charge is 2.74. The Morgan fingerprint density at radius 3 is 2.26 bits per heavy atom. The Morgan fingerprint density at radius 1 is 1.00 bits per heavy atom. The van der Waals surface area contributed by atoms with Crippen LogP contribution in [0.1, 0.15) is 42.9 Å². The summed E-state index contributed by atoms with van der Waals surface area (Å²) >= 11 is 0. The number of fused-ring (bicyclic) bond motifs is 3. The quantitative estimate of drug-likeness (QED) is 0.332. The number of carbonyl (C=O) groups excluding carboxylic acids is 1. The molecule has 2 amide bonds. The number of hydrogen-bond donors (Lipinski definition) is 1. The second-order valence-corrected chi connectivity index (χ2v) is 13.5. The van der Waals surface area contributed by atoms with Gasteiger partial charge in [-0.1, -0.05) is 25.1 Å². The number of hydrogen-bond acceptors (Lipinski definition) is 4. The monoisotopic (exact) mass is 640 g/mol. The van der Waals surface area contributed by atoms with Crippen LogP contribution in [-0.2, 0) is 31.4 Å². The van der Waals surface area contributed by atoms with E-state index < -0.39 is 56.1 Å². The van der Waals surface area contributed by atoms with Crippen molar-refractivity contribution in [1.29, 1.82) is 0 Å². The van der Waals surface area contributed by atoms with Crippen molar-refractivity contribution in [3.05, 3.63) is 65.0 Å². The number of likely N-dealkylation sites (tertiary alicyclic amines) is 1. The molecular weight excluding hydrogens is 612 g/mol. The molecule has 1 aliphatic carbocycles. The van der Waals surface area contributed by atoms with Crippen LogP contribution in [-0.4, -0.2) is 63.5 Å². The Labute approximate surface area is 242 Å². The minimum Gasteiger partial charge on any atom is -0.381 e. The van der Waals surface area contributed by atoms with Gasteiger partial charge >= 0.3 is 24.1 Å². The molecule has 3 aliphatic rings. The molecule has 5 rings (SSSR count). The molecule has 236 valence electrons. The number of nitrogens with one attached hydrogen (secondary N) is 1. The van der Waals surface area contributed by atoms with E-state index in [-0.39, 0.29) is 53.8 Å². The third-order valence-corrected chi connectivity index (χ3v) is 11.4. The first kappa shape index (κ1) is 31.5. The summed E-state index contributed by atoms with van der Waals surface area (Å²) < 4.78 is 142. The molecule has 15 heteroatoms. The Morgan fingerprint density at radius 2 is 1.65 bits per heavy atom. The summed E-state index contributed by atoms with van der Waals surface area (Å²) in [6, 6.07) is 3.40. The van der Waals surface area contributed by atoms with Crippen LogP contribution in [0.15, 0.2) is 47.4 Å². The van der Waals surface area contributed by atoms with Gasteiger partial charge in [-0.05, 0) is 67.0 Å². The number of ether oxygens (including phenoxy) is 1. The fourth-order valence-electron chi connectivity index (χ4n) is 6.63. The number of benzene rings is 2. The van der Waals surface area contributed by atoms with Gasteiger partial charge in [0.1, 0.15) is 10.6 Å². The number of carbonyl (C=O) groups is 1. The molecule has 2 aromatic carbocycles. The van der Waals surface area contributed by atoms with Gasteiger partial charge in [0.25, 0.3) is 0 Å². The minimum absolute atomic E-state index is 0.0401. The summed E-state index contributed by atoms with van der Waals surface area (Å²) in [6.07, 6.45) is -12.8. The SMILES string of the molecule is CC1COCCC1NC(=O)N1CC[C@@]2(S(=O)(=O)c3ccc(F)cc3)c3ccc(C(F)(C(F)(F)F)C(F)(F)F)cc3CC[C@@H]12. The standard InChI is InChI=1S/C28H28F8N2O4S/c1-16-15-42-13-10-22(16)37-24(39)38-12-11-25(43(40,41)20-6-4-19(29)5-7-20)21-8-3-18(14-17(21)2-9-23(25)38)26(30,27(31,32)33)28(34,35)36/h3-8,14,16,22-23H,2,9-13,15H2,1H3,(H,37,39)/t16?,22?,23-,25-/m1/s1. The molecule has 2 saturated heterocycles. The molecule has 1 N–H and O–H groups in total. The lowest BCUT2D eigenvalue weighted by Crippen LogP contribution is -2.56. The van der Waals surface area contributed by atoms with E-state index in [2.05, 4.69) is 5.32 Å². The second-order valence-electron chi connectivity index (χ2n) is 11.3. The van der Waals surface area contributed by atoms with Crippen LogP contribution in [0, 0.1) is 11.7 Å². The molecule has 0 aromatic heterocycles. The molecule has 2 fully saturated rings. The Bertz CT molecular complexity index is 1480. The summed E-state index contributed by atoms with van der Waals surface area (Å²) in [4.78, 5) is 14.5. The maximum Gasteiger partial charge on any atom is 0.435 e. The lowest BCUT2D eigenvalue weighted by atomic mass is 9.77. The third-order valence-electron chi connectivity index (χ3n) is 8.88. The van der Waals surface area contributed by atoms with Crippen molar-refractivity contribution >= 4 is 15.9 Å². The maximum atomic E-state index is 15.0. The number of amides is 2. The Balaban J connectivity index is 1.63. The predicted molar refractivity (Wildman–Crippen MR) is 137 cm³/mol. The lowest BCUT2D eigenvalue weighted by Gasteiger charge is -2.43. The highest BCUT2D eigenvalue weighted by molar-refractivity contribution is 7.92. The molecule has 0 bridgehead atoms. The topological polar surface area (TPSA) is 75.7 Å². The van der Waals surface area contributed by atoms with Crippen LogP contribution in [0.3, 0.4) is 0 Å². The second kappa shape index (κ2) is 10.6. The smallest absolute Gasteiger partial charge is 0.381 e. The lowest BCUT2D eigenvalue weighted by molar-refractivity contribution is -0.348. The molecule has 0 saturated carbocycles. The molecule has 2 aliphatic heterocycles. The molecule has 2 unspecified atom stereocenters. The van der Waals surface area contributed by atoms with Gasteiger partial charge in [0, 0.05) is 24.8 Å². The summed E-state index contributed by atoms with van der Waals surface area (Å²) in [6.45, 7) is 2.58. The average Bonchev–Trinajstić information content (AvgIpc) is 3.34. The van der Waals surface area contributed by atoms with Crippen molar-refractivity contribution in [2.45, 2.75) is 72.4 Å². The summed E-state index contributed by atoms with van der Waals surface area (Å²) in [5.74, 6) is -0.778. The minimum atomic E-state index is -6.35. The molecule has 0 radical (unpaired) electrons. The summed E-state index contributed by atoms with van der Waals surface area (Å²) in [7, 11) is -4.55. The average molecular weight is 641 g/mol. The number of aryl methyl sites for hydroxylation is 1. The normalized spacial score (nSPS) is 26.5. The fraction of sp³-hybridized carbons (Fsp3) is 0.536. The highest BCUT2D eigenvalue weighted by Crippen LogP contribution is 2.56. The zero-order valence-corrected chi connectivity index (χ0v) is 23.6. The molecule has 2 aromatic rings. The Hall–Kier alpha value is -2.94. The van der Waals surface area contributed by atoms with Crippen molar-refractivity contribution in [2.24, 2.45) is 5.92 Å². The Kier molecular flexibility index (Phi) is 7.76. The van der Waals surface area contributed by atoms with Gasteiger partial charge in [0.05, 0.1) is 17.5 Å². The van der Waals surface area contributed by atoms with Gasteiger partial charge in [-0.2, -0.15) is 26.3 Å². The molecule has 4 atom stereocenters. The van der Waals surface area contributed by atoms with Crippen LogP contribution < -0.4 is 5.32 Å². The molecule has 2 heterocycles. The van der Waals surface area contributed by atoms with E-state index in [1.165, 1.54) is 4.90 Å². The van der Waals surface area contributed by atoms with E-state index >= 15 is 0 Å². The van der Waals surface area contributed by atoms with Crippen LogP contribution in [0.2, 0.25) is 0 Å². The van der Waals surface area contributed by atoms with Crippen LogP contribution >= 0.6 is 0 Å². The van der Waals surface area contributed by atoms with Crippen LogP contribution in [0.5, 0.6) is 0 Å². The third kappa shape index (κ3) is 4.86. The van der Waals surface area contributed by atoms with E-state index in [0.717, 1.165) is 30.3 Å². The van der Waals surface area contributed by atoms with E-state index in [9.17, 15) is 48.3 Å². The van der Waals surface area contributed by atoms with Crippen molar-refractivity contribution in [1.82, 2.24) is 10.2 Å². The van der Waals surface area contributed by atoms with E-state index in [1.807, 2.05) is 6.92 Å². The van der Waals surface area contributed by atoms with Crippen molar-refractivity contribution < 1.29 is 53.1 Å². The zero-order chi connectivity index (χ0) is 31.6. The molecular formula is C28H28F8N2O4S. The first-order valence-electron chi connectivity index (χ1n) is 13.6. The molecule has 43 heavy (non-hydrogen) atoms. The first-order chi connectivity index (χ1) is 19.9. The molecule has 0 spiro atoms. The van der Waals surface area contributed by atoms with Crippen molar-refractivity contribution in [2.75, 3.05) is 19.8 Å². The van der Waals surface area contributed by atoms with E-state index in [0.29, 0.717) is 31.8 Å². The van der Waals surface area contributed by atoms with Crippen LogP contribution in [0.4, 0.5) is 39.9 Å². The van der Waals surface area contributed by atoms with Crippen molar-refractivity contribution in [3.8, 4) is 0 Å². The summed E-state index contributed by atoms with van der Waals surface area (Å²) in [5.41, 5.74) is -7.76. The first-order valence-corrected chi connectivity index (χ1v) is 15.0. The van der Waals surface area contributed by atoms with Gasteiger partial charge in [0.15, 0.2) is 9.84 Å². The van der Waals surface area contributed by atoms with Gasteiger partial charge in [-0.15, -0.1) is 0 Å². The predicted octanol–water partition coefficient (Wildman–Crippen LogP) is 5.94. The fourth-order valence-corrected chi connectivity index (χ4v) is 9.00. The van der Waals surface area contributed by atoms with Gasteiger partial charge in [-0.3, -0.25) is 0 Å². The number of rotatable bonds is 4. The largest absolute Gasteiger partial charge is 0.435 e. The van der Waals surface area contributed by atoms with Crippen LogP contribution in [0.25, 0.3) is 0 Å².